The average Bonchev–Trinajstić information content (AvgIpc) is 2.80. The molecule has 1 atom stereocenters. The van der Waals surface area contributed by atoms with Crippen molar-refractivity contribution in [1.82, 2.24) is 5.32 Å². The number of carbonyl (C=O) groups is 1. The number of benzene rings is 1. The molecule has 2 rings (SSSR count). The highest BCUT2D eigenvalue weighted by atomic mass is 32.2. The van der Waals surface area contributed by atoms with Gasteiger partial charge in [0.2, 0.25) is 5.91 Å². The second-order valence-electron chi connectivity index (χ2n) is 4.52. The second-order valence-corrected chi connectivity index (χ2v) is 5.68. The van der Waals surface area contributed by atoms with Gasteiger partial charge in [0.15, 0.2) is 0 Å². The molecule has 1 heterocycles. The zero-order chi connectivity index (χ0) is 15.5. The zero-order valence-electron chi connectivity index (χ0n) is 11.2. The first-order valence-electron chi connectivity index (χ1n) is 6.34. The topological polar surface area (TPSA) is 42.2 Å². The van der Waals surface area contributed by atoms with Crippen LogP contribution >= 0.6 is 11.8 Å². The Morgan fingerprint density at radius 3 is 2.76 bits per heavy atom. The molecule has 1 aromatic heterocycles. The molecule has 7 heteroatoms. The molecule has 0 radical (unpaired) electrons. The van der Waals surface area contributed by atoms with E-state index in [2.05, 4.69) is 5.32 Å². The maximum absolute atomic E-state index is 12.0. The number of alkyl halides is 3. The molecule has 0 fully saturated rings. The van der Waals surface area contributed by atoms with Crippen LogP contribution in [0.4, 0.5) is 13.2 Å². The van der Waals surface area contributed by atoms with Crippen molar-refractivity contribution in [2.24, 2.45) is 0 Å². The minimum atomic E-state index is -4.30. The van der Waals surface area contributed by atoms with Crippen LogP contribution in [0.1, 0.15) is 25.1 Å². The van der Waals surface area contributed by atoms with Gasteiger partial charge in [-0.3, -0.25) is 4.79 Å². The van der Waals surface area contributed by atoms with E-state index in [-0.39, 0.29) is 30.0 Å². The summed E-state index contributed by atoms with van der Waals surface area (Å²) < 4.78 is 41.5. The first kappa shape index (κ1) is 15.8. The van der Waals surface area contributed by atoms with E-state index < -0.39 is 11.4 Å². The van der Waals surface area contributed by atoms with E-state index in [1.807, 2.05) is 30.3 Å². The fraction of sp³-hybridized carbons (Fsp3) is 0.357. The van der Waals surface area contributed by atoms with Gasteiger partial charge in [0.25, 0.3) is 0 Å². The number of halogens is 3. The molecule has 0 aliphatic carbocycles. The van der Waals surface area contributed by atoms with Gasteiger partial charge >= 0.3 is 5.51 Å². The third-order valence-corrected chi connectivity index (χ3v) is 3.58. The van der Waals surface area contributed by atoms with E-state index in [9.17, 15) is 18.0 Å². The van der Waals surface area contributed by atoms with Gasteiger partial charge < -0.3 is 9.73 Å². The van der Waals surface area contributed by atoms with Gasteiger partial charge in [0.1, 0.15) is 11.3 Å². The van der Waals surface area contributed by atoms with E-state index in [0.29, 0.717) is 11.3 Å². The summed E-state index contributed by atoms with van der Waals surface area (Å²) in [4.78, 5) is 11.6. The number of amides is 1. The summed E-state index contributed by atoms with van der Waals surface area (Å²) in [5, 5.41) is 3.55. The molecule has 0 bridgehead atoms. The number of carbonyl (C=O) groups excluding carboxylic acids is 1. The van der Waals surface area contributed by atoms with Crippen molar-refractivity contribution < 1.29 is 22.4 Å². The van der Waals surface area contributed by atoms with Gasteiger partial charge in [-0.05, 0) is 19.1 Å². The first-order valence-corrected chi connectivity index (χ1v) is 7.32. The first-order chi connectivity index (χ1) is 9.85. The third kappa shape index (κ3) is 4.70. The van der Waals surface area contributed by atoms with Crippen molar-refractivity contribution in [3.63, 3.8) is 0 Å². The van der Waals surface area contributed by atoms with Crippen LogP contribution in [-0.4, -0.2) is 17.2 Å². The lowest BCUT2D eigenvalue weighted by Gasteiger charge is -2.11. The van der Waals surface area contributed by atoms with Crippen LogP contribution in [0.5, 0.6) is 0 Å². The number of fused-ring (bicyclic) bond motifs is 1. The lowest BCUT2D eigenvalue weighted by atomic mass is 10.2. The van der Waals surface area contributed by atoms with Gasteiger partial charge in [0.05, 0.1) is 6.04 Å². The number of thioether (sulfide) groups is 1. The van der Waals surface area contributed by atoms with Crippen LogP contribution in [-0.2, 0) is 4.79 Å². The van der Waals surface area contributed by atoms with E-state index in [0.717, 1.165) is 5.39 Å². The van der Waals surface area contributed by atoms with Crippen molar-refractivity contribution in [1.29, 1.82) is 0 Å². The summed E-state index contributed by atoms with van der Waals surface area (Å²) in [5.41, 5.74) is -3.59. The Morgan fingerprint density at radius 1 is 1.38 bits per heavy atom. The predicted molar refractivity (Wildman–Crippen MR) is 75.9 cm³/mol. The second kappa shape index (κ2) is 6.43. The Bertz CT molecular complexity index is 591. The highest BCUT2D eigenvalue weighted by Crippen LogP contribution is 2.30. The van der Waals surface area contributed by atoms with Crippen molar-refractivity contribution >= 4 is 28.6 Å². The number of nitrogens with one attached hydrogen (secondary N) is 1. The van der Waals surface area contributed by atoms with Crippen LogP contribution in [0.3, 0.4) is 0 Å². The molecule has 21 heavy (non-hydrogen) atoms. The van der Waals surface area contributed by atoms with Crippen molar-refractivity contribution in [2.75, 3.05) is 5.75 Å². The summed E-state index contributed by atoms with van der Waals surface area (Å²) >= 11 is -0.196. The van der Waals surface area contributed by atoms with E-state index in [4.69, 9.17) is 4.42 Å². The summed E-state index contributed by atoms with van der Waals surface area (Å²) in [5.74, 6) is -0.143. The van der Waals surface area contributed by atoms with Crippen molar-refractivity contribution in [3.8, 4) is 0 Å². The monoisotopic (exact) mass is 317 g/mol. The Morgan fingerprint density at radius 2 is 2.10 bits per heavy atom. The van der Waals surface area contributed by atoms with Gasteiger partial charge in [0, 0.05) is 17.6 Å². The molecule has 0 saturated carbocycles. The minimum Gasteiger partial charge on any atom is -0.459 e. The molecule has 114 valence electrons. The van der Waals surface area contributed by atoms with E-state index >= 15 is 0 Å². The highest BCUT2D eigenvalue weighted by molar-refractivity contribution is 8.00. The molecule has 3 nitrogen and oxygen atoms in total. The quantitative estimate of drug-likeness (QED) is 0.896. The van der Waals surface area contributed by atoms with Crippen molar-refractivity contribution in [3.05, 3.63) is 36.1 Å². The fourth-order valence-corrected chi connectivity index (χ4v) is 2.38. The molecular formula is C14H14F3NO2S. The van der Waals surface area contributed by atoms with Crippen LogP contribution in [0.2, 0.25) is 0 Å². The van der Waals surface area contributed by atoms with E-state index in [1.54, 1.807) is 6.92 Å². The summed E-state index contributed by atoms with van der Waals surface area (Å²) in [6.45, 7) is 1.73. The van der Waals surface area contributed by atoms with Gasteiger partial charge in [-0.15, -0.1) is 0 Å². The number of hydrogen-bond donors (Lipinski definition) is 1. The maximum Gasteiger partial charge on any atom is 0.441 e. The SMILES string of the molecule is C[C@H](NC(=O)CCSC(F)(F)F)c1cc2ccccc2o1. The van der Waals surface area contributed by atoms with Crippen LogP contribution in [0.25, 0.3) is 11.0 Å². The predicted octanol–water partition coefficient (Wildman–Crippen LogP) is 4.25. The largest absolute Gasteiger partial charge is 0.459 e. The Labute approximate surface area is 123 Å². The standard InChI is InChI=1S/C14H14F3NO2S/c1-9(18-13(19)6-7-21-14(15,16)17)12-8-10-4-2-3-5-11(10)20-12/h2-5,8-9H,6-7H2,1H3,(H,18,19)/t9-/m0/s1. The van der Waals surface area contributed by atoms with Crippen molar-refractivity contribution in [2.45, 2.75) is 24.9 Å². The smallest absolute Gasteiger partial charge is 0.441 e. The molecule has 1 amide bonds. The van der Waals surface area contributed by atoms with E-state index in [1.165, 1.54) is 0 Å². The zero-order valence-corrected chi connectivity index (χ0v) is 12.1. The molecule has 2 aromatic rings. The lowest BCUT2D eigenvalue weighted by molar-refractivity contribution is -0.121. The Kier molecular flexibility index (Phi) is 4.82. The van der Waals surface area contributed by atoms with Crippen LogP contribution < -0.4 is 5.32 Å². The van der Waals surface area contributed by atoms with Crippen LogP contribution in [0.15, 0.2) is 34.7 Å². The molecular weight excluding hydrogens is 303 g/mol. The molecule has 0 unspecified atom stereocenters. The summed E-state index contributed by atoms with van der Waals surface area (Å²) in [6, 6.07) is 8.84. The Hall–Kier alpha value is -1.63. The summed E-state index contributed by atoms with van der Waals surface area (Å²) in [6.07, 6.45) is -0.186. The minimum absolute atomic E-state index is 0.186. The molecule has 1 aromatic carbocycles. The lowest BCUT2D eigenvalue weighted by Crippen LogP contribution is -2.26. The number of hydrogen-bond acceptors (Lipinski definition) is 3. The van der Waals surface area contributed by atoms with Gasteiger partial charge in [-0.1, -0.05) is 30.0 Å². The molecule has 0 saturated heterocycles. The number of rotatable bonds is 5. The Balaban J connectivity index is 1.88. The average molecular weight is 317 g/mol. The molecule has 0 spiro atoms. The molecule has 0 aliphatic rings. The van der Waals surface area contributed by atoms with Gasteiger partial charge in [-0.25, -0.2) is 0 Å². The number of furan rings is 1. The van der Waals surface area contributed by atoms with Crippen LogP contribution in [0, 0.1) is 0 Å². The third-order valence-electron chi connectivity index (χ3n) is 2.84. The summed E-state index contributed by atoms with van der Waals surface area (Å²) in [7, 11) is 0. The fourth-order valence-electron chi connectivity index (χ4n) is 1.86. The highest BCUT2D eigenvalue weighted by Gasteiger charge is 2.28. The normalized spacial score (nSPS) is 13.3. The number of para-hydroxylation sites is 1. The molecule has 1 N–H and O–H groups in total. The maximum atomic E-state index is 12.0. The molecule has 0 aliphatic heterocycles. The van der Waals surface area contributed by atoms with Gasteiger partial charge in [-0.2, -0.15) is 13.2 Å².